The van der Waals surface area contributed by atoms with E-state index in [1.165, 1.54) is 12.8 Å². The molecule has 4 aromatic rings. The van der Waals surface area contributed by atoms with E-state index in [4.69, 9.17) is 0 Å². The van der Waals surface area contributed by atoms with Crippen LogP contribution in [0.1, 0.15) is 12.8 Å². The lowest BCUT2D eigenvalue weighted by atomic mass is 10.1. The van der Waals surface area contributed by atoms with Gasteiger partial charge in [0.1, 0.15) is 0 Å². The molecule has 1 aliphatic carbocycles. The van der Waals surface area contributed by atoms with Crippen LogP contribution in [0, 0.1) is 5.92 Å². The van der Waals surface area contributed by atoms with Crippen molar-refractivity contribution in [3.63, 3.8) is 0 Å². The number of piperazine rings is 1. The number of nitrogens with one attached hydrogen (secondary N) is 2. The number of fused-ring (bicyclic) bond motifs is 1. The summed E-state index contributed by atoms with van der Waals surface area (Å²) in [7, 11) is 0. The van der Waals surface area contributed by atoms with Crippen LogP contribution in [0.5, 0.6) is 0 Å². The molecule has 0 bridgehead atoms. The van der Waals surface area contributed by atoms with Gasteiger partial charge in [-0.25, -0.2) is 4.68 Å². The molecule has 2 aliphatic rings. The molecular formula is C21H22N8. The fourth-order valence-corrected chi connectivity index (χ4v) is 4.28. The van der Waals surface area contributed by atoms with E-state index in [9.17, 15) is 0 Å². The molecule has 3 aromatic heterocycles. The highest BCUT2D eigenvalue weighted by Gasteiger charge is 2.34. The zero-order valence-corrected chi connectivity index (χ0v) is 16.0. The van der Waals surface area contributed by atoms with Crippen molar-refractivity contribution in [1.29, 1.82) is 0 Å². The molecule has 0 radical (unpaired) electrons. The van der Waals surface area contributed by atoms with Crippen molar-refractivity contribution >= 4 is 16.7 Å². The van der Waals surface area contributed by atoms with Gasteiger partial charge in [0.05, 0.1) is 23.1 Å². The normalized spacial score (nSPS) is 19.7. The molecule has 1 aromatic carbocycles. The van der Waals surface area contributed by atoms with Crippen molar-refractivity contribution in [3.8, 4) is 16.9 Å². The van der Waals surface area contributed by atoms with Crippen LogP contribution < -0.4 is 10.2 Å². The highest BCUT2D eigenvalue weighted by Crippen LogP contribution is 2.34. The molecule has 0 amide bonds. The first kappa shape index (κ1) is 16.7. The monoisotopic (exact) mass is 386 g/mol. The molecule has 146 valence electrons. The van der Waals surface area contributed by atoms with Gasteiger partial charge in [-0.1, -0.05) is 0 Å². The average Bonchev–Trinajstić information content (AvgIpc) is 3.26. The van der Waals surface area contributed by atoms with Crippen molar-refractivity contribution in [2.24, 2.45) is 5.92 Å². The number of hydrogen-bond donors (Lipinski definition) is 2. The van der Waals surface area contributed by atoms with Crippen molar-refractivity contribution < 1.29 is 0 Å². The smallest absolute Gasteiger partial charge is 0.151 e. The molecule has 1 saturated carbocycles. The van der Waals surface area contributed by atoms with Gasteiger partial charge in [0.2, 0.25) is 0 Å². The van der Waals surface area contributed by atoms with E-state index in [0.29, 0.717) is 6.04 Å². The Bertz CT molecular complexity index is 1130. The summed E-state index contributed by atoms with van der Waals surface area (Å²) in [6, 6.07) is 10.7. The summed E-state index contributed by atoms with van der Waals surface area (Å²) in [6.45, 7) is 3.00. The van der Waals surface area contributed by atoms with Gasteiger partial charge >= 0.3 is 0 Å². The number of nitrogens with zero attached hydrogens (tertiary/aromatic N) is 6. The number of aromatic nitrogens is 6. The minimum Gasteiger partial charge on any atom is -0.352 e. The van der Waals surface area contributed by atoms with Crippen LogP contribution >= 0.6 is 0 Å². The quantitative estimate of drug-likeness (QED) is 0.560. The summed E-state index contributed by atoms with van der Waals surface area (Å²) >= 11 is 0. The van der Waals surface area contributed by atoms with Gasteiger partial charge in [-0.2, -0.15) is 10.2 Å². The molecule has 4 heterocycles. The van der Waals surface area contributed by atoms with Crippen LogP contribution in [0.15, 0.2) is 48.9 Å². The Morgan fingerprint density at radius 1 is 1.07 bits per heavy atom. The van der Waals surface area contributed by atoms with Crippen LogP contribution in [0.3, 0.4) is 0 Å². The summed E-state index contributed by atoms with van der Waals surface area (Å²) in [5.74, 6) is 1.80. The lowest BCUT2D eigenvalue weighted by Gasteiger charge is -2.34. The van der Waals surface area contributed by atoms with Gasteiger partial charge in [-0.3, -0.25) is 5.10 Å². The average molecular weight is 386 g/mol. The fraction of sp³-hybridized carbons (Fsp3) is 0.333. The third-order valence-electron chi connectivity index (χ3n) is 5.99. The van der Waals surface area contributed by atoms with Crippen LogP contribution in [-0.4, -0.2) is 55.9 Å². The minimum absolute atomic E-state index is 0.589. The Labute approximate surface area is 167 Å². The van der Waals surface area contributed by atoms with Gasteiger partial charge in [0, 0.05) is 49.0 Å². The van der Waals surface area contributed by atoms with E-state index in [1.807, 2.05) is 29.2 Å². The van der Waals surface area contributed by atoms with Gasteiger partial charge in [0.25, 0.3) is 0 Å². The Balaban J connectivity index is 1.31. The van der Waals surface area contributed by atoms with E-state index >= 15 is 0 Å². The molecule has 6 rings (SSSR count). The summed E-state index contributed by atoms with van der Waals surface area (Å²) < 4.78 is 1.83. The maximum absolute atomic E-state index is 4.56. The van der Waals surface area contributed by atoms with E-state index in [2.05, 4.69) is 53.9 Å². The standard InChI is InChI=1S/C21H22N8/c1-8-24-29(10-1)19-6-4-15(16-12-23-27-21(16)19)17-5-7-20(26-25-17)28-11-9-22-18(13-28)14-2-3-14/h1,4-8,10,12,14,18,22H,2-3,9,11,13H2,(H,23,27). The predicted molar refractivity (Wildman–Crippen MR) is 111 cm³/mol. The molecule has 2 fully saturated rings. The molecule has 0 spiro atoms. The third kappa shape index (κ3) is 2.96. The van der Waals surface area contributed by atoms with Crippen molar-refractivity contribution in [2.45, 2.75) is 18.9 Å². The molecule has 1 atom stereocenters. The van der Waals surface area contributed by atoms with Crippen molar-refractivity contribution in [1.82, 2.24) is 35.5 Å². The first-order valence-corrected chi connectivity index (χ1v) is 10.2. The van der Waals surface area contributed by atoms with Crippen LogP contribution in [-0.2, 0) is 0 Å². The molecule has 2 N–H and O–H groups in total. The summed E-state index contributed by atoms with van der Waals surface area (Å²) in [6.07, 6.45) is 8.23. The largest absolute Gasteiger partial charge is 0.352 e. The summed E-state index contributed by atoms with van der Waals surface area (Å²) in [5, 5.41) is 25.4. The maximum atomic E-state index is 4.56. The minimum atomic E-state index is 0.589. The van der Waals surface area contributed by atoms with Crippen molar-refractivity contribution in [3.05, 3.63) is 48.9 Å². The van der Waals surface area contributed by atoms with E-state index in [0.717, 1.165) is 59.2 Å². The predicted octanol–water partition coefficient (Wildman–Crippen LogP) is 2.39. The Hall–Kier alpha value is -3.26. The number of aromatic amines is 1. The summed E-state index contributed by atoms with van der Waals surface area (Å²) in [5.41, 5.74) is 3.76. The molecule has 1 saturated heterocycles. The number of anilines is 1. The van der Waals surface area contributed by atoms with E-state index < -0.39 is 0 Å². The molecule has 8 heteroatoms. The lowest BCUT2D eigenvalue weighted by molar-refractivity contribution is 0.416. The maximum Gasteiger partial charge on any atom is 0.151 e. The second-order valence-corrected chi connectivity index (χ2v) is 7.86. The van der Waals surface area contributed by atoms with Crippen molar-refractivity contribution in [2.75, 3.05) is 24.5 Å². The molecule has 1 aliphatic heterocycles. The zero-order valence-electron chi connectivity index (χ0n) is 16.0. The summed E-state index contributed by atoms with van der Waals surface area (Å²) in [4.78, 5) is 2.35. The topological polar surface area (TPSA) is 87.6 Å². The molecular weight excluding hydrogens is 364 g/mol. The molecule has 29 heavy (non-hydrogen) atoms. The van der Waals surface area contributed by atoms with Gasteiger partial charge < -0.3 is 10.2 Å². The van der Waals surface area contributed by atoms with Crippen LogP contribution in [0.25, 0.3) is 27.8 Å². The lowest BCUT2D eigenvalue weighted by Crippen LogP contribution is -2.52. The second kappa shape index (κ2) is 6.66. The molecule has 8 nitrogen and oxygen atoms in total. The first-order valence-electron chi connectivity index (χ1n) is 10.2. The fourth-order valence-electron chi connectivity index (χ4n) is 4.28. The number of hydrogen-bond acceptors (Lipinski definition) is 6. The second-order valence-electron chi connectivity index (χ2n) is 7.86. The van der Waals surface area contributed by atoms with Gasteiger partial charge in [-0.15, -0.1) is 10.2 Å². The van der Waals surface area contributed by atoms with E-state index in [1.54, 1.807) is 6.20 Å². The first-order chi connectivity index (χ1) is 14.4. The van der Waals surface area contributed by atoms with Crippen LogP contribution in [0.4, 0.5) is 5.82 Å². The number of benzene rings is 1. The number of H-pyrrole nitrogens is 1. The van der Waals surface area contributed by atoms with E-state index in [-0.39, 0.29) is 0 Å². The Morgan fingerprint density at radius 3 is 2.83 bits per heavy atom. The highest BCUT2D eigenvalue weighted by atomic mass is 15.3. The number of rotatable bonds is 4. The Morgan fingerprint density at radius 2 is 2.03 bits per heavy atom. The SMILES string of the molecule is c1cnn(-c2ccc(-c3ccc(N4CCNC(C5CC5)C4)nn3)c3cn[nH]c23)c1. The molecule has 1 unspecified atom stereocenters. The highest BCUT2D eigenvalue weighted by molar-refractivity contribution is 5.97. The van der Waals surface area contributed by atoms with Crippen LogP contribution in [0.2, 0.25) is 0 Å². The Kier molecular flexibility index (Phi) is 3.83. The van der Waals surface area contributed by atoms with Gasteiger partial charge in [-0.05, 0) is 49.1 Å². The van der Waals surface area contributed by atoms with Gasteiger partial charge in [0.15, 0.2) is 5.82 Å². The zero-order chi connectivity index (χ0) is 19.2. The third-order valence-corrected chi connectivity index (χ3v) is 5.99.